The second-order valence-electron chi connectivity index (χ2n) is 8.57. The first-order valence-corrected chi connectivity index (χ1v) is 11.3. The third-order valence-electron chi connectivity index (χ3n) is 6.45. The molecule has 0 atom stereocenters. The predicted molar refractivity (Wildman–Crippen MR) is 119 cm³/mol. The van der Waals surface area contributed by atoms with Crippen LogP contribution in [0.25, 0.3) is 22.8 Å². The van der Waals surface area contributed by atoms with E-state index in [1.807, 2.05) is 30.3 Å². The molecule has 1 aromatic heterocycles. The van der Waals surface area contributed by atoms with Gasteiger partial charge in [-0.05, 0) is 30.5 Å². The quantitative estimate of drug-likeness (QED) is 0.623. The lowest BCUT2D eigenvalue weighted by Gasteiger charge is -2.36. The molecule has 6 heteroatoms. The molecule has 2 fully saturated rings. The zero-order valence-electron chi connectivity index (χ0n) is 17.7. The van der Waals surface area contributed by atoms with E-state index < -0.39 is 0 Å². The Labute approximate surface area is 182 Å². The summed E-state index contributed by atoms with van der Waals surface area (Å²) in [7, 11) is 0. The average Bonchev–Trinajstić information content (AvgIpc) is 3.53. The van der Waals surface area contributed by atoms with Crippen LogP contribution in [-0.4, -0.2) is 52.0 Å². The monoisotopic (exact) mass is 416 g/mol. The van der Waals surface area contributed by atoms with Crippen molar-refractivity contribution in [3.05, 3.63) is 60.2 Å². The van der Waals surface area contributed by atoms with Crippen LogP contribution >= 0.6 is 0 Å². The van der Waals surface area contributed by atoms with Crippen LogP contribution in [0.3, 0.4) is 0 Å². The van der Waals surface area contributed by atoms with Gasteiger partial charge in [0, 0.05) is 49.8 Å². The van der Waals surface area contributed by atoms with Crippen LogP contribution in [0.1, 0.15) is 31.2 Å². The molecule has 0 spiro atoms. The molecule has 0 unspecified atom stereocenters. The third-order valence-corrected chi connectivity index (χ3v) is 6.45. The number of hydrogen-bond donors (Lipinski definition) is 0. The van der Waals surface area contributed by atoms with Gasteiger partial charge in [-0.2, -0.15) is 4.98 Å². The van der Waals surface area contributed by atoms with Crippen molar-refractivity contribution in [2.45, 2.75) is 32.2 Å². The van der Waals surface area contributed by atoms with Gasteiger partial charge >= 0.3 is 0 Å². The summed E-state index contributed by atoms with van der Waals surface area (Å²) in [6, 6.07) is 18.2. The molecule has 0 N–H and O–H groups in total. The van der Waals surface area contributed by atoms with Crippen LogP contribution in [0.2, 0.25) is 0 Å². The highest BCUT2D eigenvalue weighted by Gasteiger charge is 2.29. The van der Waals surface area contributed by atoms with Crippen LogP contribution in [0, 0.1) is 5.92 Å². The zero-order valence-corrected chi connectivity index (χ0v) is 17.7. The summed E-state index contributed by atoms with van der Waals surface area (Å²) >= 11 is 0. The SMILES string of the molecule is O=C(C1CCCC1)N1CCN(Cc2ccc(-c3noc(-c4ccccc4)n3)cc2)CC1. The van der Waals surface area contributed by atoms with Gasteiger partial charge < -0.3 is 9.42 Å². The standard InChI is InChI=1S/C25H28N4O2/c30-25(22-8-4-5-9-22)29-16-14-28(15-17-29)18-19-10-12-20(13-11-19)23-26-24(31-27-23)21-6-2-1-3-7-21/h1-3,6-7,10-13,22H,4-5,8-9,14-18H2. The Bertz CT molecular complexity index is 1000. The fourth-order valence-corrected chi connectivity index (χ4v) is 4.61. The summed E-state index contributed by atoms with van der Waals surface area (Å²) in [5.41, 5.74) is 3.12. The molecular weight excluding hydrogens is 388 g/mol. The minimum Gasteiger partial charge on any atom is -0.340 e. The molecule has 1 amide bonds. The minimum atomic E-state index is 0.284. The minimum absolute atomic E-state index is 0.284. The molecule has 1 saturated heterocycles. The van der Waals surface area contributed by atoms with Crippen molar-refractivity contribution in [1.29, 1.82) is 0 Å². The van der Waals surface area contributed by atoms with E-state index in [1.165, 1.54) is 18.4 Å². The summed E-state index contributed by atoms with van der Waals surface area (Å²) in [6.07, 6.45) is 4.59. The fourth-order valence-electron chi connectivity index (χ4n) is 4.61. The molecule has 160 valence electrons. The molecule has 1 aliphatic heterocycles. The molecule has 5 rings (SSSR count). The summed E-state index contributed by atoms with van der Waals surface area (Å²) in [6.45, 7) is 4.46. The topological polar surface area (TPSA) is 62.5 Å². The molecule has 1 saturated carbocycles. The Balaban J connectivity index is 1.16. The molecule has 31 heavy (non-hydrogen) atoms. The number of rotatable bonds is 5. The number of amides is 1. The summed E-state index contributed by atoms with van der Waals surface area (Å²) in [5.74, 6) is 1.80. The van der Waals surface area contributed by atoms with Crippen molar-refractivity contribution in [3.63, 3.8) is 0 Å². The van der Waals surface area contributed by atoms with E-state index in [0.29, 0.717) is 17.6 Å². The molecular formula is C25H28N4O2. The molecule has 2 heterocycles. The van der Waals surface area contributed by atoms with Crippen LogP contribution in [0.15, 0.2) is 59.1 Å². The van der Waals surface area contributed by atoms with Crippen molar-refractivity contribution >= 4 is 5.91 Å². The number of benzene rings is 2. The fraction of sp³-hybridized carbons (Fsp3) is 0.400. The van der Waals surface area contributed by atoms with Gasteiger partial charge in [0.25, 0.3) is 5.89 Å². The summed E-state index contributed by atoms with van der Waals surface area (Å²) < 4.78 is 5.42. The van der Waals surface area contributed by atoms with Gasteiger partial charge in [0.1, 0.15) is 0 Å². The maximum atomic E-state index is 12.6. The van der Waals surface area contributed by atoms with Crippen molar-refractivity contribution in [2.75, 3.05) is 26.2 Å². The molecule has 3 aromatic rings. The van der Waals surface area contributed by atoms with Gasteiger partial charge in [0.05, 0.1) is 0 Å². The van der Waals surface area contributed by atoms with Gasteiger partial charge in [0.15, 0.2) is 0 Å². The Hall–Kier alpha value is -2.99. The Morgan fingerprint density at radius 3 is 2.32 bits per heavy atom. The second-order valence-corrected chi connectivity index (χ2v) is 8.57. The van der Waals surface area contributed by atoms with E-state index in [1.54, 1.807) is 0 Å². The lowest BCUT2D eigenvalue weighted by molar-refractivity contribution is -0.137. The Morgan fingerprint density at radius 2 is 1.61 bits per heavy atom. The number of carbonyl (C=O) groups is 1. The van der Waals surface area contributed by atoms with Crippen molar-refractivity contribution < 1.29 is 9.32 Å². The lowest BCUT2D eigenvalue weighted by Crippen LogP contribution is -2.49. The third kappa shape index (κ3) is 4.54. The molecule has 6 nitrogen and oxygen atoms in total. The largest absolute Gasteiger partial charge is 0.340 e. The highest BCUT2D eigenvalue weighted by molar-refractivity contribution is 5.79. The van der Waals surface area contributed by atoms with Crippen LogP contribution in [0.4, 0.5) is 0 Å². The molecule has 0 bridgehead atoms. The van der Waals surface area contributed by atoms with Gasteiger partial charge in [-0.25, -0.2) is 0 Å². The second kappa shape index (κ2) is 9.02. The molecule has 2 aromatic carbocycles. The highest BCUT2D eigenvalue weighted by Crippen LogP contribution is 2.27. The maximum Gasteiger partial charge on any atom is 0.258 e. The maximum absolute atomic E-state index is 12.6. The van der Waals surface area contributed by atoms with Crippen molar-refractivity contribution in [3.8, 4) is 22.8 Å². The van der Waals surface area contributed by atoms with E-state index in [4.69, 9.17) is 4.52 Å². The van der Waals surface area contributed by atoms with Gasteiger partial charge in [-0.3, -0.25) is 9.69 Å². The van der Waals surface area contributed by atoms with Crippen LogP contribution in [-0.2, 0) is 11.3 Å². The average molecular weight is 417 g/mol. The normalized spacial score (nSPS) is 17.9. The summed E-state index contributed by atoms with van der Waals surface area (Å²) in [5, 5.41) is 4.13. The first kappa shape index (κ1) is 19.9. The van der Waals surface area contributed by atoms with E-state index in [0.717, 1.165) is 56.7 Å². The van der Waals surface area contributed by atoms with Crippen LogP contribution in [0.5, 0.6) is 0 Å². The predicted octanol–water partition coefficient (Wildman–Crippen LogP) is 4.24. The summed E-state index contributed by atoms with van der Waals surface area (Å²) in [4.78, 5) is 21.7. The Kier molecular flexibility index (Phi) is 5.80. The molecule has 0 radical (unpaired) electrons. The lowest BCUT2D eigenvalue weighted by atomic mass is 10.1. The van der Waals surface area contributed by atoms with E-state index in [2.05, 4.69) is 44.2 Å². The number of aromatic nitrogens is 2. The highest BCUT2D eigenvalue weighted by atomic mass is 16.5. The number of carbonyl (C=O) groups excluding carboxylic acids is 1. The van der Waals surface area contributed by atoms with Gasteiger partial charge in [0.2, 0.25) is 11.7 Å². The number of nitrogens with zero attached hydrogens (tertiary/aromatic N) is 4. The van der Waals surface area contributed by atoms with Gasteiger partial charge in [-0.15, -0.1) is 0 Å². The van der Waals surface area contributed by atoms with Crippen molar-refractivity contribution in [2.24, 2.45) is 5.92 Å². The molecule has 1 aliphatic carbocycles. The van der Waals surface area contributed by atoms with Gasteiger partial charge in [-0.1, -0.05) is 60.5 Å². The smallest absolute Gasteiger partial charge is 0.258 e. The van der Waals surface area contributed by atoms with E-state index in [-0.39, 0.29) is 5.92 Å². The number of piperazine rings is 1. The van der Waals surface area contributed by atoms with E-state index >= 15 is 0 Å². The zero-order chi connectivity index (χ0) is 21.0. The van der Waals surface area contributed by atoms with E-state index in [9.17, 15) is 4.79 Å². The van der Waals surface area contributed by atoms with Crippen molar-refractivity contribution in [1.82, 2.24) is 19.9 Å². The van der Waals surface area contributed by atoms with Crippen LogP contribution < -0.4 is 0 Å². The first-order chi connectivity index (χ1) is 15.3. The first-order valence-electron chi connectivity index (χ1n) is 11.3. The number of hydrogen-bond acceptors (Lipinski definition) is 5. The Morgan fingerprint density at radius 1 is 0.903 bits per heavy atom. The molecule has 2 aliphatic rings.